The maximum atomic E-state index is 7.29. The SMILES string of the molecule is CCCCP(CCCC)(CCCC)(CCCC)O[Si](C)(C)C. The molecular formula is C19H45OPSi. The van der Waals surface area contributed by atoms with Gasteiger partial charge in [-0.05, 0) is 0 Å². The van der Waals surface area contributed by atoms with E-state index in [1.807, 2.05) is 0 Å². The zero-order valence-corrected chi connectivity index (χ0v) is 18.7. The van der Waals surface area contributed by atoms with E-state index in [4.69, 9.17) is 4.21 Å². The van der Waals surface area contributed by atoms with E-state index < -0.39 is 15.1 Å². The predicted octanol–water partition coefficient (Wildman–Crippen LogP) is 7.51. The van der Waals surface area contributed by atoms with Gasteiger partial charge in [-0.2, -0.15) is 0 Å². The van der Waals surface area contributed by atoms with Gasteiger partial charge in [-0.1, -0.05) is 0 Å². The van der Waals surface area contributed by atoms with Crippen LogP contribution in [0.15, 0.2) is 0 Å². The van der Waals surface area contributed by atoms with E-state index in [0.717, 1.165) is 0 Å². The van der Waals surface area contributed by atoms with Gasteiger partial charge in [-0.3, -0.25) is 0 Å². The molecule has 0 aromatic carbocycles. The standard InChI is InChI=1S/C19H45OPSi/c1-8-12-16-21(17-13-9-2,18-14-10-3,19-15-11-4)20-22(5,6)7/h8-19H2,1-7H3. The van der Waals surface area contributed by atoms with Crippen molar-refractivity contribution in [3.05, 3.63) is 0 Å². The van der Waals surface area contributed by atoms with Crippen molar-refractivity contribution < 1.29 is 4.21 Å². The van der Waals surface area contributed by atoms with E-state index in [-0.39, 0.29) is 0 Å². The second kappa shape index (κ2) is 10.5. The van der Waals surface area contributed by atoms with Crippen molar-refractivity contribution in [2.45, 2.75) is 98.7 Å². The Morgan fingerprint density at radius 2 is 0.864 bits per heavy atom. The summed E-state index contributed by atoms with van der Waals surface area (Å²) in [6, 6.07) is 0. The van der Waals surface area contributed by atoms with Gasteiger partial charge in [0.2, 0.25) is 0 Å². The summed E-state index contributed by atoms with van der Waals surface area (Å²) in [7, 11) is -1.51. The van der Waals surface area contributed by atoms with E-state index in [2.05, 4.69) is 47.3 Å². The molecule has 0 saturated carbocycles. The summed E-state index contributed by atoms with van der Waals surface area (Å²) >= 11 is 0. The van der Waals surface area contributed by atoms with Crippen molar-refractivity contribution >= 4 is 15.1 Å². The minimum absolute atomic E-state index is 1.32. The molecule has 0 rings (SSSR count). The van der Waals surface area contributed by atoms with Crippen LogP contribution in [0.4, 0.5) is 0 Å². The molecule has 0 aliphatic rings. The first-order valence-electron chi connectivity index (χ1n) is 9.98. The van der Waals surface area contributed by atoms with Crippen molar-refractivity contribution in [2.24, 2.45) is 0 Å². The molecule has 3 heteroatoms. The summed E-state index contributed by atoms with van der Waals surface area (Å²) in [5.41, 5.74) is 0. The average Bonchev–Trinajstić information content (AvgIpc) is 2.46. The molecule has 0 N–H and O–H groups in total. The summed E-state index contributed by atoms with van der Waals surface area (Å²) in [4.78, 5) is 0. The molecule has 0 fully saturated rings. The molecule has 0 aliphatic carbocycles. The Kier molecular flexibility index (Phi) is 10.8. The molecule has 0 heterocycles. The van der Waals surface area contributed by atoms with E-state index in [0.29, 0.717) is 0 Å². The first kappa shape index (κ1) is 22.6. The molecule has 0 unspecified atom stereocenters. The first-order valence-corrected chi connectivity index (χ1v) is 16.3. The summed E-state index contributed by atoms with van der Waals surface area (Å²) in [5, 5.41) is 0. The summed E-state index contributed by atoms with van der Waals surface area (Å²) < 4.78 is 7.29. The van der Waals surface area contributed by atoms with Crippen molar-refractivity contribution in [3.8, 4) is 0 Å². The van der Waals surface area contributed by atoms with Gasteiger partial charge < -0.3 is 0 Å². The molecule has 0 aliphatic heterocycles. The van der Waals surface area contributed by atoms with E-state index in [1.54, 1.807) is 0 Å². The Morgan fingerprint density at radius 1 is 0.591 bits per heavy atom. The molecule has 0 amide bonds. The van der Waals surface area contributed by atoms with Gasteiger partial charge in [0.15, 0.2) is 0 Å². The third-order valence-electron chi connectivity index (χ3n) is 4.84. The van der Waals surface area contributed by atoms with Crippen LogP contribution in [0.2, 0.25) is 19.6 Å². The van der Waals surface area contributed by atoms with Gasteiger partial charge in [-0.25, -0.2) is 0 Å². The van der Waals surface area contributed by atoms with Gasteiger partial charge in [0.05, 0.1) is 0 Å². The Labute approximate surface area is 143 Å². The number of rotatable bonds is 14. The average molecular weight is 349 g/mol. The van der Waals surface area contributed by atoms with Crippen LogP contribution < -0.4 is 0 Å². The fraction of sp³-hybridized carbons (Fsp3) is 1.00. The molecule has 1 nitrogen and oxygen atoms in total. The second-order valence-corrected chi connectivity index (χ2v) is 18.8. The van der Waals surface area contributed by atoms with Gasteiger partial charge in [0.1, 0.15) is 0 Å². The van der Waals surface area contributed by atoms with Gasteiger partial charge in [0.25, 0.3) is 0 Å². The van der Waals surface area contributed by atoms with Crippen molar-refractivity contribution in [2.75, 3.05) is 24.6 Å². The van der Waals surface area contributed by atoms with E-state index in [9.17, 15) is 0 Å². The van der Waals surface area contributed by atoms with Crippen molar-refractivity contribution in [1.82, 2.24) is 0 Å². The predicted molar refractivity (Wildman–Crippen MR) is 110 cm³/mol. The fourth-order valence-electron chi connectivity index (χ4n) is 3.86. The molecule has 0 spiro atoms. The molecule has 136 valence electrons. The summed E-state index contributed by atoms with van der Waals surface area (Å²) in [6.45, 7) is 14.7. The topological polar surface area (TPSA) is 9.23 Å². The monoisotopic (exact) mass is 348 g/mol. The molecule has 0 aromatic heterocycles. The van der Waals surface area contributed by atoms with Crippen molar-refractivity contribution in [1.29, 1.82) is 0 Å². The second-order valence-electron chi connectivity index (χ2n) is 8.37. The summed E-state index contributed by atoms with van der Waals surface area (Å²) in [5.74, 6) is 0. The zero-order valence-electron chi connectivity index (χ0n) is 16.8. The Hall–Kier alpha value is 0.607. The van der Waals surface area contributed by atoms with Crippen molar-refractivity contribution in [3.63, 3.8) is 0 Å². The van der Waals surface area contributed by atoms with Crippen LogP contribution in [-0.4, -0.2) is 33.0 Å². The Morgan fingerprint density at radius 3 is 1.05 bits per heavy atom. The van der Waals surface area contributed by atoms with Gasteiger partial charge in [-0.15, -0.1) is 0 Å². The molecule has 0 radical (unpaired) electrons. The molecule has 0 saturated heterocycles. The third kappa shape index (κ3) is 7.93. The maximum absolute atomic E-state index is 7.29. The van der Waals surface area contributed by atoms with Gasteiger partial charge >= 0.3 is 143 Å². The third-order valence-corrected chi connectivity index (χ3v) is 14.9. The van der Waals surface area contributed by atoms with E-state index in [1.165, 1.54) is 76.0 Å². The molecule has 0 aromatic rings. The van der Waals surface area contributed by atoms with Crippen LogP contribution in [0.25, 0.3) is 0 Å². The van der Waals surface area contributed by atoms with Gasteiger partial charge in [0, 0.05) is 0 Å². The van der Waals surface area contributed by atoms with E-state index >= 15 is 0 Å². The normalized spacial score (nSPS) is 14.8. The van der Waals surface area contributed by atoms with Crippen LogP contribution >= 0.6 is 6.83 Å². The number of hydrogen-bond acceptors (Lipinski definition) is 1. The number of hydrogen-bond donors (Lipinski definition) is 0. The van der Waals surface area contributed by atoms with Crippen LogP contribution in [-0.2, 0) is 4.21 Å². The number of unbranched alkanes of at least 4 members (excludes halogenated alkanes) is 4. The van der Waals surface area contributed by atoms with Crippen LogP contribution in [0, 0.1) is 0 Å². The van der Waals surface area contributed by atoms with Crippen LogP contribution in [0.1, 0.15) is 79.1 Å². The summed E-state index contributed by atoms with van der Waals surface area (Å²) in [6.07, 6.45) is 16.4. The molecule has 22 heavy (non-hydrogen) atoms. The zero-order chi connectivity index (χ0) is 17.1. The quantitative estimate of drug-likeness (QED) is 0.233. The fourth-order valence-corrected chi connectivity index (χ4v) is 17.3. The molecular weight excluding hydrogens is 303 g/mol. The molecule has 0 bridgehead atoms. The first-order chi connectivity index (χ1) is 10.3. The van der Waals surface area contributed by atoms with Crippen LogP contribution in [0.5, 0.6) is 0 Å². The van der Waals surface area contributed by atoms with Crippen LogP contribution in [0.3, 0.4) is 0 Å². The minimum atomic E-state index is -2.00. The molecule has 0 atom stereocenters. The Balaban J connectivity index is 5.65. The Bertz CT molecular complexity index is 242.